The first-order valence-corrected chi connectivity index (χ1v) is 8.96. The van der Waals surface area contributed by atoms with E-state index in [9.17, 15) is 0 Å². The van der Waals surface area contributed by atoms with Crippen molar-refractivity contribution < 1.29 is 0 Å². The van der Waals surface area contributed by atoms with E-state index in [4.69, 9.17) is 0 Å². The number of nitrogens with zero attached hydrogens (tertiary/aromatic N) is 2. The van der Waals surface area contributed by atoms with Crippen LogP contribution in [0.15, 0.2) is 24.3 Å². The molecule has 2 N–H and O–H groups in total. The van der Waals surface area contributed by atoms with E-state index in [1.54, 1.807) is 0 Å². The summed E-state index contributed by atoms with van der Waals surface area (Å²) in [6.07, 6.45) is 2.47. The summed E-state index contributed by atoms with van der Waals surface area (Å²) < 4.78 is 0. The molecule has 1 aromatic carbocycles. The lowest BCUT2D eigenvalue weighted by atomic mass is 9.92. The first-order chi connectivity index (χ1) is 11.4. The second kappa shape index (κ2) is 6.80. The first kappa shape index (κ1) is 16.7. The molecule has 0 saturated heterocycles. The molecule has 1 aliphatic carbocycles. The van der Waals surface area contributed by atoms with Gasteiger partial charge in [-0.25, -0.2) is 9.97 Å². The van der Waals surface area contributed by atoms with Crippen molar-refractivity contribution >= 4 is 17.3 Å². The molecule has 3 rings (SSSR count). The fourth-order valence-corrected chi connectivity index (χ4v) is 2.97. The van der Waals surface area contributed by atoms with Crippen molar-refractivity contribution in [3.63, 3.8) is 0 Å². The number of para-hydroxylation sites is 1. The average Bonchev–Trinajstić information content (AvgIpc) is 3.30. The van der Waals surface area contributed by atoms with Gasteiger partial charge in [0.25, 0.3) is 0 Å². The lowest BCUT2D eigenvalue weighted by molar-refractivity contribution is 0.837. The van der Waals surface area contributed by atoms with E-state index in [0.717, 1.165) is 17.5 Å². The number of anilines is 3. The van der Waals surface area contributed by atoms with Crippen LogP contribution in [-0.4, -0.2) is 16.0 Å². The molecule has 1 aliphatic rings. The van der Waals surface area contributed by atoms with Gasteiger partial charge in [-0.05, 0) is 42.7 Å². The highest BCUT2D eigenvalue weighted by Crippen LogP contribution is 2.34. The standard InChI is InChI=1S/C20H28N4/c1-12(2)16-7-6-8-17(13(3)4)20(16)24-19-11-18(21-14(5)22-19)23-15-9-10-15/h6-8,11-13,15H,9-10H2,1-5H3,(H2,21,22,23,24). The Bertz CT molecular complexity index is 691. The minimum absolute atomic E-state index is 0.457. The number of benzene rings is 1. The monoisotopic (exact) mass is 324 g/mol. The van der Waals surface area contributed by atoms with Crippen LogP contribution in [0.25, 0.3) is 0 Å². The topological polar surface area (TPSA) is 49.8 Å². The van der Waals surface area contributed by atoms with E-state index in [1.165, 1.54) is 29.7 Å². The van der Waals surface area contributed by atoms with Crippen LogP contribution in [0.1, 0.15) is 69.3 Å². The maximum Gasteiger partial charge on any atom is 0.136 e. The lowest BCUT2D eigenvalue weighted by Gasteiger charge is -2.21. The smallest absolute Gasteiger partial charge is 0.136 e. The summed E-state index contributed by atoms with van der Waals surface area (Å²) in [5, 5.41) is 7.05. The Morgan fingerprint density at radius 2 is 1.54 bits per heavy atom. The van der Waals surface area contributed by atoms with Crippen molar-refractivity contribution in [3.8, 4) is 0 Å². The number of hydrogen-bond donors (Lipinski definition) is 2. The van der Waals surface area contributed by atoms with E-state index in [0.29, 0.717) is 17.9 Å². The lowest BCUT2D eigenvalue weighted by Crippen LogP contribution is -2.08. The predicted molar refractivity (Wildman–Crippen MR) is 101 cm³/mol. The van der Waals surface area contributed by atoms with Gasteiger partial charge in [-0.2, -0.15) is 0 Å². The third kappa shape index (κ3) is 3.86. The Morgan fingerprint density at radius 3 is 2.08 bits per heavy atom. The molecular formula is C20H28N4. The number of aryl methyl sites for hydroxylation is 1. The van der Waals surface area contributed by atoms with Gasteiger partial charge in [-0.1, -0.05) is 45.9 Å². The molecule has 0 radical (unpaired) electrons. The van der Waals surface area contributed by atoms with E-state index in [1.807, 2.05) is 13.0 Å². The highest BCUT2D eigenvalue weighted by Gasteiger charge is 2.22. The zero-order valence-electron chi connectivity index (χ0n) is 15.4. The van der Waals surface area contributed by atoms with E-state index in [-0.39, 0.29) is 0 Å². The number of rotatable bonds is 6. The molecule has 0 atom stereocenters. The molecule has 1 heterocycles. The Balaban J connectivity index is 1.96. The molecule has 1 fully saturated rings. The van der Waals surface area contributed by atoms with Gasteiger partial charge in [0, 0.05) is 17.8 Å². The fraction of sp³-hybridized carbons (Fsp3) is 0.500. The van der Waals surface area contributed by atoms with Gasteiger partial charge in [-0.3, -0.25) is 0 Å². The zero-order valence-corrected chi connectivity index (χ0v) is 15.4. The summed E-state index contributed by atoms with van der Waals surface area (Å²) >= 11 is 0. The Hall–Kier alpha value is -2.10. The van der Waals surface area contributed by atoms with Crippen molar-refractivity contribution in [2.75, 3.05) is 10.6 Å². The number of aromatic nitrogens is 2. The Labute approximate surface area is 145 Å². The second-order valence-corrected chi connectivity index (χ2v) is 7.35. The third-order valence-electron chi connectivity index (χ3n) is 4.39. The molecule has 0 unspecified atom stereocenters. The summed E-state index contributed by atoms with van der Waals surface area (Å²) in [5.74, 6) is 3.48. The molecule has 1 aromatic heterocycles. The van der Waals surface area contributed by atoms with Gasteiger partial charge in [0.05, 0.1) is 0 Å². The van der Waals surface area contributed by atoms with Crippen LogP contribution >= 0.6 is 0 Å². The Morgan fingerprint density at radius 1 is 0.958 bits per heavy atom. The minimum Gasteiger partial charge on any atom is -0.367 e. The van der Waals surface area contributed by atoms with Crippen LogP contribution in [0.2, 0.25) is 0 Å². The van der Waals surface area contributed by atoms with E-state index in [2.05, 4.69) is 66.5 Å². The van der Waals surface area contributed by atoms with Gasteiger partial charge >= 0.3 is 0 Å². The van der Waals surface area contributed by atoms with Gasteiger partial charge < -0.3 is 10.6 Å². The third-order valence-corrected chi connectivity index (χ3v) is 4.39. The summed E-state index contributed by atoms with van der Waals surface area (Å²) in [7, 11) is 0. The molecule has 0 aliphatic heterocycles. The Kier molecular flexibility index (Phi) is 4.74. The molecule has 4 nitrogen and oxygen atoms in total. The van der Waals surface area contributed by atoms with Crippen LogP contribution in [-0.2, 0) is 0 Å². The normalized spacial score (nSPS) is 14.3. The van der Waals surface area contributed by atoms with Crippen LogP contribution < -0.4 is 10.6 Å². The fourth-order valence-electron chi connectivity index (χ4n) is 2.97. The molecule has 24 heavy (non-hydrogen) atoms. The summed E-state index contributed by atoms with van der Waals surface area (Å²) in [6, 6.07) is 9.17. The first-order valence-electron chi connectivity index (χ1n) is 8.96. The highest BCUT2D eigenvalue weighted by molar-refractivity contribution is 5.68. The molecule has 0 spiro atoms. The number of hydrogen-bond acceptors (Lipinski definition) is 4. The molecule has 0 bridgehead atoms. The van der Waals surface area contributed by atoms with Crippen molar-refractivity contribution in [1.29, 1.82) is 0 Å². The van der Waals surface area contributed by atoms with Crippen LogP contribution in [0.5, 0.6) is 0 Å². The van der Waals surface area contributed by atoms with Gasteiger partial charge in [0.2, 0.25) is 0 Å². The molecule has 128 valence electrons. The molecular weight excluding hydrogens is 296 g/mol. The van der Waals surface area contributed by atoms with Gasteiger partial charge in [-0.15, -0.1) is 0 Å². The maximum atomic E-state index is 4.60. The minimum atomic E-state index is 0.457. The molecule has 1 saturated carbocycles. The SMILES string of the molecule is Cc1nc(Nc2c(C(C)C)cccc2C(C)C)cc(NC2CC2)n1. The average molecular weight is 324 g/mol. The van der Waals surface area contributed by atoms with Crippen LogP contribution in [0.4, 0.5) is 17.3 Å². The van der Waals surface area contributed by atoms with Crippen molar-refractivity contribution in [2.24, 2.45) is 0 Å². The van der Waals surface area contributed by atoms with Crippen molar-refractivity contribution in [3.05, 3.63) is 41.2 Å². The molecule has 0 amide bonds. The van der Waals surface area contributed by atoms with Gasteiger partial charge in [0.1, 0.15) is 17.5 Å². The highest BCUT2D eigenvalue weighted by atomic mass is 15.1. The van der Waals surface area contributed by atoms with E-state index >= 15 is 0 Å². The number of nitrogens with one attached hydrogen (secondary N) is 2. The molecule has 2 aromatic rings. The zero-order chi connectivity index (χ0) is 17.3. The van der Waals surface area contributed by atoms with E-state index < -0.39 is 0 Å². The quantitative estimate of drug-likeness (QED) is 0.752. The van der Waals surface area contributed by atoms with Gasteiger partial charge in [0.15, 0.2) is 0 Å². The maximum absolute atomic E-state index is 4.60. The van der Waals surface area contributed by atoms with Crippen LogP contribution in [0.3, 0.4) is 0 Å². The summed E-state index contributed by atoms with van der Waals surface area (Å²) in [5.41, 5.74) is 3.85. The van der Waals surface area contributed by atoms with Crippen molar-refractivity contribution in [1.82, 2.24) is 9.97 Å². The van der Waals surface area contributed by atoms with Crippen LogP contribution in [0, 0.1) is 6.92 Å². The largest absolute Gasteiger partial charge is 0.367 e. The summed E-state index contributed by atoms with van der Waals surface area (Å²) in [6.45, 7) is 10.9. The summed E-state index contributed by atoms with van der Waals surface area (Å²) in [4.78, 5) is 9.10. The molecule has 4 heteroatoms. The predicted octanol–water partition coefficient (Wildman–Crippen LogP) is 5.35. The second-order valence-electron chi connectivity index (χ2n) is 7.35. The van der Waals surface area contributed by atoms with Crippen molar-refractivity contribution in [2.45, 2.75) is 65.3 Å².